The quantitative estimate of drug-likeness (QED) is 0.644. The van der Waals surface area contributed by atoms with Crippen LogP contribution in [0, 0.1) is 5.82 Å². The van der Waals surface area contributed by atoms with E-state index >= 15 is 0 Å². The number of nitrogens with zero attached hydrogens (tertiary/aromatic N) is 2. The Bertz CT molecular complexity index is 493. The van der Waals surface area contributed by atoms with Gasteiger partial charge in [-0.15, -0.1) is 0 Å². The van der Waals surface area contributed by atoms with Crippen LogP contribution in [0.2, 0.25) is 0 Å². The Labute approximate surface area is 111 Å². The molecule has 5 nitrogen and oxygen atoms in total. The van der Waals surface area contributed by atoms with Crippen LogP contribution in [-0.4, -0.2) is 34.7 Å². The molecule has 1 aromatic carbocycles. The Balaban J connectivity index is 2.34. The molecule has 104 valence electrons. The van der Waals surface area contributed by atoms with Crippen LogP contribution in [0.15, 0.2) is 12.1 Å². The maximum Gasteiger partial charge on any atom is 0.274 e. The smallest absolute Gasteiger partial charge is 0.274 e. The summed E-state index contributed by atoms with van der Waals surface area (Å²) in [7, 11) is 1.94. The molecular weight excluding hydrogens is 249 g/mol. The zero-order valence-corrected chi connectivity index (χ0v) is 11.1. The number of hydrazine groups is 1. The van der Waals surface area contributed by atoms with Crippen LogP contribution < -0.4 is 5.48 Å². The van der Waals surface area contributed by atoms with Gasteiger partial charge in [0.1, 0.15) is 5.82 Å². The highest BCUT2D eigenvalue weighted by molar-refractivity contribution is 5.93. The summed E-state index contributed by atoms with van der Waals surface area (Å²) < 4.78 is 14.1. The molecular formula is C13H18FN3O2. The fourth-order valence-corrected chi connectivity index (χ4v) is 2.36. The van der Waals surface area contributed by atoms with Gasteiger partial charge in [0.2, 0.25) is 0 Å². The lowest BCUT2D eigenvalue weighted by Crippen LogP contribution is -2.43. The van der Waals surface area contributed by atoms with Gasteiger partial charge in [0, 0.05) is 37.8 Å². The number of hydrogen-bond acceptors (Lipinski definition) is 4. The first-order chi connectivity index (χ1) is 9.06. The highest BCUT2D eigenvalue weighted by Gasteiger charge is 2.24. The average Bonchev–Trinajstić information content (AvgIpc) is 2.39. The molecule has 0 fully saturated rings. The van der Waals surface area contributed by atoms with E-state index in [1.807, 2.05) is 12.1 Å². The predicted molar refractivity (Wildman–Crippen MR) is 67.8 cm³/mol. The lowest BCUT2D eigenvalue weighted by atomic mass is 10.0. The van der Waals surface area contributed by atoms with Gasteiger partial charge in [-0.05, 0) is 24.1 Å². The second-order valence-electron chi connectivity index (χ2n) is 4.74. The summed E-state index contributed by atoms with van der Waals surface area (Å²) in [5.74, 6) is -1.09. The van der Waals surface area contributed by atoms with E-state index in [0.717, 1.165) is 18.5 Å². The van der Waals surface area contributed by atoms with Crippen LogP contribution in [0.3, 0.4) is 0 Å². The van der Waals surface area contributed by atoms with Crippen molar-refractivity contribution >= 4 is 5.91 Å². The molecule has 0 aromatic heterocycles. The fourth-order valence-electron chi connectivity index (χ4n) is 2.36. The average molecular weight is 267 g/mol. The van der Waals surface area contributed by atoms with Crippen LogP contribution in [0.5, 0.6) is 0 Å². The van der Waals surface area contributed by atoms with Crippen LogP contribution in [-0.2, 0) is 13.1 Å². The van der Waals surface area contributed by atoms with Crippen molar-refractivity contribution in [2.45, 2.75) is 26.4 Å². The summed E-state index contributed by atoms with van der Waals surface area (Å²) in [5, 5.41) is 12.7. The zero-order chi connectivity index (χ0) is 14.0. The van der Waals surface area contributed by atoms with Gasteiger partial charge in [-0.3, -0.25) is 10.0 Å². The molecule has 1 heterocycles. The number of rotatable bonds is 3. The summed E-state index contributed by atoms with van der Waals surface area (Å²) in [6.07, 6.45) is 0.992. The highest BCUT2D eigenvalue weighted by Crippen LogP contribution is 2.25. The van der Waals surface area contributed by atoms with Crippen LogP contribution >= 0.6 is 0 Å². The molecule has 0 spiro atoms. The van der Waals surface area contributed by atoms with Gasteiger partial charge in [-0.25, -0.2) is 19.9 Å². The Morgan fingerprint density at radius 3 is 2.84 bits per heavy atom. The number of carbonyl (C=O) groups excluding carboxylic acids is 1. The number of carbonyl (C=O) groups is 1. The van der Waals surface area contributed by atoms with Crippen molar-refractivity contribution in [3.8, 4) is 0 Å². The van der Waals surface area contributed by atoms with E-state index in [2.05, 4.69) is 11.9 Å². The number of fused-ring (bicyclic) bond motifs is 1. The Kier molecular flexibility index (Phi) is 4.14. The molecule has 1 aliphatic rings. The molecule has 6 heteroatoms. The van der Waals surface area contributed by atoms with Crippen LogP contribution in [0.1, 0.15) is 34.8 Å². The number of hydroxylamine groups is 1. The molecule has 0 atom stereocenters. The summed E-state index contributed by atoms with van der Waals surface area (Å²) >= 11 is 0. The van der Waals surface area contributed by atoms with Crippen molar-refractivity contribution in [1.82, 2.24) is 15.5 Å². The van der Waals surface area contributed by atoms with E-state index in [4.69, 9.17) is 5.21 Å². The molecule has 19 heavy (non-hydrogen) atoms. The first-order valence-corrected chi connectivity index (χ1v) is 6.28. The molecule has 1 amide bonds. The molecule has 2 rings (SSSR count). The van der Waals surface area contributed by atoms with E-state index in [1.165, 1.54) is 11.5 Å². The highest BCUT2D eigenvalue weighted by atomic mass is 19.1. The normalized spacial score (nSPS) is 16.2. The fraction of sp³-hybridized carbons (Fsp3) is 0.462. The lowest BCUT2D eigenvalue weighted by Gasteiger charge is -2.37. The van der Waals surface area contributed by atoms with Crippen molar-refractivity contribution in [2.24, 2.45) is 0 Å². The third-order valence-electron chi connectivity index (χ3n) is 3.36. The van der Waals surface area contributed by atoms with E-state index < -0.39 is 11.7 Å². The number of hydrogen-bond donors (Lipinski definition) is 2. The van der Waals surface area contributed by atoms with E-state index in [9.17, 15) is 9.18 Å². The van der Waals surface area contributed by atoms with Gasteiger partial charge in [0.05, 0.1) is 0 Å². The summed E-state index contributed by atoms with van der Waals surface area (Å²) in [4.78, 5) is 11.3. The van der Waals surface area contributed by atoms with Crippen LogP contribution in [0.4, 0.5) is 4.39 Å². The SMILES string of the molecule is CCCN1Cc2c(F)cc(C(=O)NO)cc2CN1C. The topological polar surface area (TPSA) is 55.8 Å². The van der Waals surface area contributed by atoms with Gasteiger partial charge in [-0.1, -0.05) is 6.92 Å². The first kappa shape index (κ1) is 13.9. The number of benzene rings is 1. The van der Waals surface area contributed by atoms with Crippen molar-refractivity contribution in [2.75, 3.05) is 13.6 Å². The third kappa shape index (κ3) is 2.75. The zero-order valence-electron chi connectivity index (χ0n) is 11.1. The maximum atomic E-state index is 14.1. The standard InChI is InChI=1S/C13H18FN3O2/c1-3-4-17-8-11-10(7-16(17)2)5-9(6-12(11)14)13(18)15-19/h5-6,19H,3-4,7-8H2,1-2H3,(H,15,18). The van der Waals surface area contributed by atoms with Crippen molar-refractivity contribution < 1.29 is 14.4 Å². The van der Waals surface area contributed by atoms with Crippen molar-refractivity contribution in [3.63, 3.8) is 0 Å². The number of halogens is 1. The van der Waals surface area contributed by atoms with E-state index in [-0.39, 0.29) is 5.56 Å². The molecule has 1 aromatic rings. The van der Waals surface area contributed by atoms with Gasteiger partial charge in [0.25, 0.3) is 5.91 Å². The molecule has 0 radical (unpaired) electrons. The lowest BCUT2D eigenvalue weighted by molar-refractivity contribution is -0.0295. The summed E-state index contributed by atoms with van der Waals surface area (Å²) in [6, 6.07) is 2.80. The molecule has 2 N–H and O–H groups in total. The summed E-state index contributed by atoms with van der Waals surface area (Å²) in [6.45, 7) is 4.01. The first-order valence-electron chi connectivity index (χ1n) is 6.28. The van der Waals surface area contributed by atoms with Crippen molar-refractivity contribution in [1.29, 1.82) is 0 Å². The van der Waals surface area contributed by atoms with Gasteiger partial charge in [-0.2, -0.15) is 0 Å². The molecule has 0 saturated heterocycles. The molecule has 0 bridgehead atoms. The number of amides is 1. The van der Waals surface area contributed by atoms with Gasteiger partial charge < -0.3 is 0 Å². The number of nitrogens with one attached hydrogen (secondary N) is 1. The molecule has 1 aliphatic heterocycles. The Morgan fingerprint density at radius 1 is 1.47 bits per heavy atom. The largest absolute Gasteiger partial charge is 0.288 e. The van der Waals surface area contributed by atoms with Crippen LogP contribution in [0.25, 0.3) is 0 Å². The molecule has 0 saturated carbocycles. The maximum absolute atomic E-state index is 14.1. The minimum atomic E-state index is -0.694. The van der Waals surface area contributed by atoms with Gasteiger partial charge in [0.15, 0.2) is 0 Å². The minimum absolute atomic E-state index is 0.135. The second kappa shape index (κ2) is 5.64. The second-order valence-corrected chi connectivity index (χ2v) is 4.74. The molecule has 0 unspecified atom stereocenters. The third-order valence-corrected chi connectivity index (χ3v) is 3.36. The Morgan fingerprint density at radius 2 is 2.21 bits per heavy atom. The molecule has 0 aliphatic carbocycles. The summed E-state index contributed by atoms with van der Waals surface area (Å²) in [5.41, 5.74) is 3.07. The van der Waals surface area contributed by atoms with Gasteiger partial charge >= 0.3 is 0 Å². The Hall–Kier alpha value is -1.50. The van der Waals surface area contributed by atoms with Crippen molar-refractivity contribution in [3.05, 3.63) is 34.6 Å². The predicted octanol–water partition coefficient (Wildman–Crippen LogP) is 1.52. The van der Waals surface area contributed by atoms with E-state index in [0.29, 0.717) is 18.7 Å². The monoisotopic (exact) mass is 267 g/mol. The minimum Gasteiger partial charge on any atom is -0.288 e. The van der Waals surface area contributed by atoms with E-state index in [1.54, 1.807) is 6.07 Å².